The number of nitrogens with zero attached hydrogens (tertiary/aromatic N) is 2. The topological polar surface area (TPSA) is 25.8 Å². The van der Waals surface area contributed by atoms with Crippen LogP contribution in [0.15, 0.2) is 133 Å². The number of hydrogen-bond donors (Lipinski definition) is 0. The molecule has 0 saturated carbocycles. The molecule has 7 aromatic carbocycles. The van der Waals surface area contributed by atoms with E-state index in [1.165, 1.54) is 54.6 Å². The standard InChI is InChI=1S/C41H28N2/c1-41(2)34-24-33(40-42-35-23-13-12-22-32(35)39(43-40)25-14-4-3-5-15-25)28-18-7-9-19-29(28)36(34)37-30-20-10-6-16-26(30)27-17-8-11-21-31(27)38(37)41/h3-24H,1-2H3. The zero-order chi connectivity index (χ0) is 28.7. The Balaban J connectivity index is 1.42. The molecule has 0 fully saturated rings. The quantitative estimate of drug-likeness (QED) is 0.201. The van der Waals surface area contributed by atoms with Gasteiger partial charge in [-0.2, -0.15) is 0 Å². The molecule has 0 unspecified atom stereocenters. The average Bonchev–Trinajstić information content (AvgIpc) is 3.31. The largest absolute Gasteiger partial charge is 0.228 e. The van der Waals surface area contributed by atoms with Gasteiger partial charge in [0.2, 0.25) is 0 Å². The van der Waals surface area contributed by atoms with Crippen LogP contribution in [0, 0.1) is 0 Å². The highest BCUT2D eigenvalue weighted by molar-refractivity contribution is 6.22. The SMILES string of the molecule is CC1(C)c2cc(-c3nc(-c4ccccc4)c4ccccc4n3)c3ccccc3c2-c2c1c1ccccc1c1ccccc21. The molecule has 2 nitrogen and oxygen atoms in total. The highest BCUT2D eigenvalue weighted by atomic mass is 14.9. The lowest BCUT2D eigenvalue weighted by molar-refractivity contribution is 0.667. The average molecular weight is 549 g/mol. The van der Waals surface area contributed by atoms with Gasteiger partial charge in [-0.3, -0.25) is 0 Å². The van der Waals surface area contributed by atoms with Crippen LogP contribution in [0.4, 0.5) is 0 Å². The summed E-state index contributed by atoms with van der Waals surface area (Å²) in [5.41, 5.74) is 9.31. The third kappa shape index (κ3) is 3.35. The van der Waals surface area contributed by atoms with Crippen LogP contribution in [0.5, 0.6) is 0 Å². The maximum atomic E-state index is 5.30. The van der Waals surface area contributed by atoms with Gasteiger partial charge in [-0.1, -0.05) is 135 Å². The van der Waals surface area contributed by atoms with Crippen molar-refractivity contribution in [3.63, 3.8) is 0 Å². The summed E-state index contributed by atoms with van der Waals surface area (Å²) >= 11 is 0. The van der Waals surface area contributed by atoms with Crippen molar-refractivity contribution in [1.29, 1.82) is 0 Å². The van der Waals surface area contributed by atoms with E-state index in [2.05, 4.69) is 147 Å². The summed E-state index contributed by atoms with van der Waals surface area (Å²) < 4.78 is 0. The first-order valence-corrected chi connectivity index (χ1v) is 14.9. The van der Waals surface area contributed by atoms with Gasteiger partial charge in [0.25, 0.3) is 0 Å². The third-order valence-electron chi connectivity index (χ3n) is 9.42. The van der Waals surface area contributed by atoms with E-state index in [-0.39, 0.29) is 5.41 Å². The van der Waals surface area contributed by atoms with Gasteiger partial charge in [0.1, 0.15) is 0 Å². The maximum absolute atomic E-state index is 5.30. The highest BCUT2D eigenvalue weighted by Gasteiger charge is 2.40. The van der Waals surface area contributed by atoms with E-state index in [0.717, 1.165) is 33.5 Å². The molecule has 8 aromatic rings. The Morgan fingerprint density at radius 2 is 1.00 bits per heavy atom. The molecular formula is C41H28N2. The lowest BCUT2D eigenvalue weighted by Crippen LogP contribution is -2.16. The van der Waals surface area contributed by atoms with E-state index in [4.69, 9.17) is 9.97 Å². The normalized spacial score (nSPS) is 13.5. The summed E-state index contributed by atoms with van der Waals surface area (Å²) in [6.45, 7) is 4.77. The van der Waals surface area contributed by atoms with E-state index in [0.29, 0.717) is 0 Å². The van der Waals surface area contributed by atoms with Gasteiger partial charge >= 0.3 is 0 Å². The van der Waals surface area contributed by atoms with Crippen LogP contribution in [0.1, 0.15) is 25.0 Å². The molecule has 202 valence electrons. The van der Waals surface area contributed by atoms with E-state index < -0.39 is 0 Å². The van der Waals surface area contributed by atoms with Crippen LogP contribution in [-0.2, 0) is 5.41 Å². The molecule has 0 aliphatic heterocycles. The van der Waals surface area contributed by atoms with E-state index in [1.807, 2.05) is 0 Å². The first-order valence-electron chi connectivity index (χ1n) is 14.9. The second kappa shape index (κ2) is 8.83. The Morgan fingerprint density at radius 1 is 0.465 bits per heavy atom. The summed E-state index contributed by atoms with van der Waals surface area (Å²) in [4.78, 5) is 10.5. The van der Waals surface area contributed by atoms with Crippen LogP contribution in [-0.4, -0.2) is 9.97 Å². The summed E-state index contributed by atoms with van der Waals surface area (Å²) in [5.74, 6) is 0.762. The van der Waals surface area contributed by atoms with Crippen LogP contribution in [0.25, 0.3) is 77.0 Å². The highest BCUT2D eigenvalue weighted by Crippen LogP contribution is 2.57. The predicted octanol–water partition coefficient (Wildman–Crippen LogP) is 10.7. The predicted molar refractivity (Wildman–Crippen MR) is 180 cm³/mol. The number of aromatic nitrogens is 2. The first-order chi connectivity index (χ1) is 21.1. The summed E-state index contributed by atoms with van der Waals surface area (Å²) in [6.07, 6.45) is 0. The zero-order valence-corrected chi connectivity index (χ0v) is 24.1. The number of rotatable bonds is 2. The molecule has 1 aliphatic rings. The summed E-state index contributed by atoms with van der Waals surface area (Å²) in [5, 5.41) is 8.75. The fourth-order valence-electron chi connectivity index (χ4n) is 7.52. The molecule has 0 atom stereocenters. The minimum Gasteiger partial charge on any atom is -0.228 e. The fourth-order valence-corrected chi connectivity index (χ4v) is 7.52. The molecule has 9 rings (SSSR count). The summed E-state index contributed by atoms with van der Waals surface area (Å²) in [6, 6.07) is 47.8. The van der Waals surface area contributed by atoms with Crippen LogP contribution in [0.2, 0.25) is 0 Å². The van der Waals surface area contributed by atoms with Gasteiger partial charge in [-0.25, -0.2) is 9.97 Å². The van der Waals surface area contributed by atoms with Crippen molar-refractivity contribution >= 4 is 43.2 Å². The van der Waals surface area contributed by atoms with Gasteiger partial charge in [0.15, 0.2) is 5.82 Å². The second-order valence-electron chi connectivity index (χ2n) is 12.1. The molecule has 0 N–H and O–H groups in total. The van der Waals surface area contributed by atoms with Crippen molar-refractivity contribution in [3.05, 3.63) is 145 Å². The molecule has 1 heterocycles. The minimum atomic E-state index is -0.216. The Kier molecular flexibility index (Phi) is 4.99. The van der Waals surface area contributed by atoms with Gasteiger partial charge in [0, 0.05) is 21.9 Å². The molecule has 0 saturated heterocycles. The van der Waals surface area contributed by atoms with E-state index >= 15 is 0 Å². The summed E-state index contributed by atoms with van der Waals surface area (Å²) in [7, 11) is 0. The Bertz CT molecular complexity index is 2420. The lowest BCUT2D eigenvalue weighted by atomic mass is 9.78. The first kappa shape index (κ1) is 24.3. The molecular weight excluding hydrogens is 520 g/mol. The second-order valence-corrected chi connectivity index (χ2v) is 12.1. The van der Waals surface area contributed by atoms with Gasteiger partial charge in [0.05, 0.1) is 11.2 Å². The van der Waals surface area contributed by atoms with Crippen molar-refractivity contribution in [1.82, 2.24) is 9.97 Å². The van der Waals surface area contributed by atoms with E-state index in [1.54, 1.807) is 0 Å². The molecule has 0 radical (unpaired) electrons. The Morgan fingerprint density at radius 3 is 1.72 bits per heavy atom. The van der Waals surface area contributed by atoms with Crippen molar-refractivity contribution < 1.29 is 0 Å². The smallest absolute Gasteiger partial charge is 0.161 e. The van der Waals surface area contributed by atoms with E-state index in [9.17, 15) is 0 Å². The van der Waals surface area contributed by atoms with Crippen LogP contribution < -0.4 is 0 Å². The third-order valence-corrected chi connectivity index (χ3v) is 9.42. The Hall–Kier alpha value is -5.34. The molecule has 43 heavy (non-hydrogen) atoms. The number of benzene rings is 7. The lowest BCUT2D eigenvalue weighted by Gasteiger charge is -2.24. The molecule has 1 aliphatic carbocycles. The van der Waals surface area contributed by atoms with Crippen molar-refractivity contribution in [2.24, 2.45) is 0 Å². The number of para-hydroxylation sites is 1. The van der Waals surface area contributed by atoms with Crippen LogP contribution in [0.3, 0.4) is 0 Å². The van der Waals surface area contributed by atoms with Gasteiger partial charge in [-0.05, 0) is 66.7 Å². The minimum absolute atomic E-state index is 0.216. The maximum Gasteiger partial charge on any atom is 0.161 e. The fraction of sp³-hybridized carbons (Fsp3) is 0.0732. The Labute approximate surface area is 250 Å². The van der Waals surface area contributed by atoms with Gasteiger partial charge < -0.3 is 0 Å². The van der Waals surface area contributed by atoms with Crippen molar-refractivity contribution in [2.75, 3.05) is 0 Å². The molecule has 1 aromatic heterocycles. The monoisotopic (exact) mass is 548 g/mol. The number of hydrogen-bond acceptors (Lipinski definition) is 2. The molecule has 2 heteroatoms. The van der Waals surface area contributed by atoms with Crippen molar-refractivity contribution in [3.8, 4) is 33.8 Å². The molecule has 0 spiro atoms. The van der Waals surface area contributed by atoms with Crippen molar-refractivity contribution in [2.45, 2.75) is 19.3 Å². The molecule has 0 bridgehead atoms. The molecule has 0 amide bonds. The van der Waals surface area contributed by atoms with Crippen LogP contribution >= 0.6 is 0 Å². The number of fused-ring (bicyclic) bond motifs is 11. The van der Waals surface area contributed by atoms with Gasteiger partial charge in [-0.15, -0.1) is 0 Å². The zero-order valence-electron chi connectivity index (χ0n) is 24.1.